The van der Waals surface area contributed by atoms with Crippen molar-refractivity contribution in [2.75, 3.05) is 44.2 Å². The lowest BCUT2D eigenvalue weighted by Crippen LogP contribution is -2.51. The van der Waals surface area contributed by atoms with Gasteiger partial charge in [0.2, 0.25) is 11.8 Å². The topological polar surface area (TPSA) is 101 Å². The molecule has 1 aliphatic carbocycles. The molecular weight excluding hydrogens is 585 g/mol. The number of aromatic hydroxyl groups is 1. The predicted octanol–water partition coefficient (Wildman–Crippen LogP) is 4.06. The van der Waals surface area contributed by atoms with Gasteiger partial charge in [0.25, 0.3) is 0 Å². The first-order chi connectivity index (χ1) is 22.3. The molecular formula is C35H40FN7O3. The van der Waals surface area contributed by atoms with Crippen LogP contribution in [0.25, 0.3) is 21.9 Å². The maximum Gasteiger partial charge on any atom is 0.247 e. The summed E-state index contributed by atoms with van der Waals surface area (Å²) in [4.78, 5) is 19.5. The van der Waals surface area contributed by atoms with E-state index in [0.29, 0.717) is 58.0 Å². The van der Waals surface area contributed by atoms with Crippen LogP contribution in [0.1, 0.15) is 50.7 Å². The first-order valence-corrected chi connectivity index (χ1v) is 16.4. The summed E-state index contributed by atoms with van der Waals surface area (Å²) in [6.07, 6.45) is 12.4. The van der Waals surface area contributed by atoms with E-state index in [1.807, 2.05) is 4.57 Å². The second-order valence-electron chi connectivity index (χ2n) is 13.9. The van der Waals surface area contributed by atoms with Crippen molar-refractivity contribution in [2.24, 2.45) is 5.41 Å². The highest BCUT2D eigenvalue weighted by Crippen LogP contribution is 2.47. The van der Waals surface area contributed by atoms with E-state index in [-0.39, 0.29) is 35.5 Å². The van der Waals surface area contributed by atoms with E-state index in [0.717, 1.165) is 58.4 Å². The number of phenols is 1. The van der Waals surface area contributed by atoms with Crippen molar-refractivity contribution < 1.29 is 19.0 Å². The number of morpholine rings is 1. The van der Waals surface area contributed by atoms with Crippen molar-refractivity contribution in [1.82, 2.24) is 29.7 Å². The molecule has 8 rings (SSSR count). The second kappa shape index (κ2) is 11.4. The van der Waals surface area contributed by atoms with Gasteiger partial charge in [-0.15, -0.1) is 6.42 Å². The van der Waals surface area contributed by atoms with E-state index in [4.69, 9.17) is 30.8 Å². The highest BCUT2D eigenvalue weighted by Gasteiger charge is 2.46. The molecule has 0 spiro atoms. The Morgan fingerprint density at radius 1 is 1.11 bits per heavy atom. The number of phenolic OH excluding ortho intramolecular Hbond substituents is 1. The normalized spacial score (nSPS) is 25.7. The monoisotopic (exact) mass is 625 g/mol. The number of piperazine rings is 1. The van der Waals surface area contributed by atoms with Gasteiger partial charge in [0.05, 0.1) is 37.3 Å². The quantitative estimate of drug-likeness (QED) is 0.281. The summed E-state index contributed by atoms with van der Waals surface area (Å²) >= 11 is 0. The third-order valence-electron chi connectivity index (χ3n) is 10.1. The van der Waals surface area contributed by atoms with E-state index >= 15 is 0 Å². The minimum Gasteiger partial charge on any atom is -0.508 e. The number of nitrogens with zero attached hydrogens (tertiary/aromatic N) is 6. The van der Waals surface area contributed by atoms with Gasteiger partial charge in [0, 0.05) is 55.6 Å². The van der Waals surface area contributed by atoms with Crippen LogP contribution in [0.2, 0.25) is 0 Å². The summed E-state index contributed by atoms with van der Waals surface area (Å²) in [5.41, 5.74) is 2.14. The van der Waals surface area contributed by atoms with E-state index in [1.54, 1.807) is 24.5 Å². The molecule has 3 saturated heterocycles. The van der Waals surface area contributed by atoms with Gasteiger partial charge in [-0.1, -0.05) is 12.0 Å². The number of nitrogens with one attached hydrogen (secondary N) is 1. The number of rotatable bonds is 8. The van der Waals surface area contributed by atoms with Crippen LogP contribution in [0, 0.1) is 23.6 Å². The van der Waals surface area contributed by atoms with Crippen molar-refractivity contribution in [3.8, 4) is 24.0 Å². The number of halogens is 1. The van der Waals surface area contributed by atoms with Gasteiger partial charge in [-0.2, -0.15) is 9.97 Å². The first-order valence-electron chi connectivity index (χ1n) is 16.4. The molecule has 2 N–H and O–H groups in total. The fourth-order valence-electron chi connectivity index (χ4n) is 7.82. The molecule has 5 heterocycles. The Hall–Kier alpha value is -3.98. The number of ether oxygens (including phenoxy) is 2. The molecule has 2 bridgehead atoms. The van der Waals surface area contributed by atoms with Crippen LogP contribution in [0.15, 0.2) is 30.6 Å². The zero-order valence-electron chi connectivity index (χ0n) is 26.4. The molecule has 1 saturated carbocycles. The van der Waals surface area contributed by atoms with Gasteiger partial charge in [0.15, 0.2) is 11.2 Å². The summed E-state index contributed by atoms with van der Waals surface area (Å²) < 4.78 is 29.3. The van der Waals surface area contributed by atoms with Gasteiger partial charge >= 0.3 is 0 Å². The standard InChI is InChI=1S/C35H40FN7O3/c1-4-28-29(36)8-5-23-11-27(44)12-24(30(23)28)15-43-20-37-31-32(43)39-34(42-16-25-6-7-26(17-42)38-25)40-33(31)45-19-35(9-10-35)18-41-13-21(2)46-22(3)14-41/h1,5,8,11-12,20-22,25-26,38,44H,6-7,9-10,13-19H2,2-3H3/t21-,22+,25-,26+. The van der Waals surface area contributed by atoms with Crippen LogP contribution in [0.5, 0.6) is 11.6 Å². The maximum atomic E-state index is 14.8. The fourth-order valence-corrected chi connectivity index (χ4v) is 7.82. The number of imidazole rings is 1. The van der Waals surface area contributed by atoms with Crippen LogP contribution in [-0.4, -0.2) is 93.1 Å². The Morgan fingerprint density at radius 3 is 2.59 bits per heavy atom. The van der Waals surface area contributed by atoms with Crippen LogP contribution < -0.4 is 15.0 Å². The van der Waals surface area contributed by atoms with E-state index in [2.05, 4.69) is 34.9 Å². The Balaban J connectivity index is 1.14. The van der Waals surface area contributed by atoms with E-state index in [9.17, 15) is 9.50 Å². The number of terminal acetylenes is 1. The first kappa shape index (κ1) is 29.4. The second-order valence-corrected chi connectivity index (χ2v) is 13.9. The van der Waals surface area contributed by atoms with Crippen molar-refractivity contribution in [3.63, 3.8) is 0 Å². The summed E-state index contributed by atoms with van der Waals surface area (Å²) in [5.74, 6) is 3.23. The van der Waals surface area contributed by atoms with Crippen LogP contribution in [0.3, 0.4) is 0 Å². The number of benzene rings is 2. The van der Waals surface area contributed by atoms with Crippen LogP contribution in [0.4, 0.5) is 10.3 Å². The largest absolute Gasteiger partial charge is 0.508 e. The number of hydrogen-bond donors (Lipinski definition) is 2. The van der Waals surface area contributed by atoms with Crippen molar-refractivity contribution in [2.45, 2.75) is 70.4 Å². The molecule has 240 valence electrons. The molecule has 2 aromatic carbocycles. The van der Waals surface area contributed by atoms with Crippen molar-refractivity contribution >= 4 is 27.9 Å². The molecule has 11 heteroatoms. The van der Waals surface area contributed by atoms with Crippen molar-refractivity contribution in [1.29, 1.82) is 0 Å². The SMILES string of the molecule is C#Cc1c(F)ccc2cc(O)cc(Cn3cnc4c(OCC5(CN6C[C@@H](C)O[C@@H](C)C6)CC5)nc(N5C[C@H]6CC[C@@H](C5)N6)nc43)c12. The van der Waals surface area contributed by atoms with Gasteiger partial charge in [-0.05, 0) is 68.7 Å². The molecule has 4 fully saturated rings. The minimum atomic E-state index is -0.471. The van der Waals surface area contributed by atoms with Crippen LogP contribution in [-0.2, 0) is 11.3 Å². The molecule has 0 unspecified atom stereocenters. The molecule has 10 nitrogen and oxygen atoms in total. The maximum absolute atomic E-state index is 14.8. The lowest BCUT2D eigenvalue weighted by atomic mass is 9.98. The molecule has 0 radical (unpaired) electrons. The zero-order chi connectivity index (χ0) is 31.6. The molecule has 4 atom stereocenters. The van der Waals surface area contributed by atoms with Gasteiger partial charge in [-0.25, -0.2) is 9.37 Å². The Morgan fingerprint density at radius 2 is 1.87 bits per heavy atom. The van der Waals surface area contributed by atoms with Gasteiger partial charge in [-0.3, -0.25) is 4.90 Å². The predicted molar refractivity (Wildman–Crippen MR) is 174 cm³/mol. The average molecular weight is 626 g/mol. The fraction of sp³-hybridized carbons (Fsp3) is 0.514. The highest BCUT2D eigenvalue weighted by molar-refractivity contribution is 5.92. The molecule has 4 aromatic rings. The molecule has 2 aromatic heterocycles. The molecule has 46 heavy (non-hydrogen) atoms. The summed E-state index contributed by atoms with van der Waals surface area (Å²) in [5, 5.41) is 15.5. The number of hydrogen-bond acceptors (Lipinski definition) is 9. The Labute approximate surface area is 267 Å². The summed E-state index contributed by atoms with van der Waals surface area (Å²) in [6, 6.07) is 7.03. The lowest BCUT2D eigenvalue weighted by molar-refractivity contribution is -0.0740. The smallest absolute Gasteiger partial charge is 0.247 e. The number of aromatic nitrogens is 4. The Kier molecular flexibility index (Phi) is 7.27. The van der Waals surface area contributed by atoms with Crippen LogP contribution >= 0.6 is 0 Å². The minimum absolute atomic E-state index is 0.0796. The summed E-state index contributed by atoms with van der Waals surface area (Å²) in [6.45, 7) is 9.60. The third kappa shape index (κ3) is 5.52. The van der Waals surface area contributed by atoms with Gasteiger partial charge in [0.1, 0.15) is 11.6 Å². The lowest BCUT2D eigenvalue weighted by Gasteiger charge is -2.37. The third-order valence-corrected chi connectivity index (χ3v) is 10.1. The highest BCUT2D eigenvalue weighted by atomic mass is 19.1. The van der Waals surface area contributed by atoms with Crippen molar-refractivity contribution in [3.05, 3.63) is 47.5 Å². The van der Waals surface area contributed by atoms with E-state index in [1.165, 1.54) is 6.07 Å². The number of fused-ring (bicyclic) bond motifs is 4. The van der Waals surface area contributed by atoms with Gasteiger partial charge < -0.3 is 29.4 Å². The van der Waals surface area contributed by atoms with E-state index < -0.39 is 5.82 Å². The summed E-state index contributed by atoms with van der Waals surface area (Å²) in [7, 11) is 0. The molecule has 3 aliphatic heterocycles. The Bertz CT molecular complexity index is 1830. The average Bonchev–Trinajstić information content (AvgIpc) is 3.53. The molecule has 4 aliphatic rings. The molecule has 0 amide bonds. The number of anilines is 1. The zero-order valence-corrected chi connectivity index (χ0v) is 26.4.